The molecule has 118 valence electrons. The second-order valence-electron chi connectivity index (χ2n) is 6.45. The summed E-state index contributed by atoms with van der Waals surface area (Å²) in [5, 5.41) is 3.40. The van der Waals surface area contributed by atoms with Crippen LogP contribution in [0.3, 0.4) is 0 Å². The molecule has 0 spiro atoms. The van der Waals surface area contributed by atoms with E-state index in [4.69, 9.17) is 4.98 Å². The van der Waals surface area contributed by atoms with Gasteiger partial charge in [-0.05, 0) is 62.8 Å². The lowest BCUT2D eigenvalue weighted by molar-refractivity contribution is 0.313. The van der Waals surface area contributed by atoms with Gasteiger partial charge in [-0.1, -0.05) is 20.3 Å². The van der Waals surface area contributed by atoms with Gasteiger partial charge in [-0.3, -0.25) is 0 Å². The number of rotatable bonds is 6. The molecule has 1 saturated carbocycles. The van der Waals surface area contributed by atoms with Crippen molar-refractivity contribution in [2.45, 2.75) is 65.5 Å². The molecule has 2 rings (SSSR count). The van der Waals surface area contributed by atoms with E-state index in [-0.39, 0.29) is 0 Å². The molecule has 0 amide bonds. The summed E-state index contributed by atoms with van der Waals surface area (Å²) >= 11 is 0. The van der Waals surface area contributed by atoms with Crippen molar-refractivity contribution in [1.29, 1.82) is 0 Å². The van der Waals surface area contributed by atoms with Gasteiger partial charge in [-0.15, -0.1) is 0 Å². The van der Waals surface area contributed by atoms with Crippen LogP contribution in [0.5, 0.6) is 0 Å². The summed E-state index contributed by atoms with van der Waals surface area (Å²) < 4.78 is 0. The van der Waals surface area contributed by atoms with Gasteiger partial charge in [0.05, 0.1) is 0 Å². The predicted octanol–water partition coefficient (Wildman–Crippen LogP) is 3.90. The molecular formula is C18H31N3. The predicted molar refractivity (Wildman–Crippen MR) is 90.8 cm³/mol. The molecule has 3 heteroatoms. The first-order valence-electron chi connectivity index (χ1n) is 8.55. The van der Waals surface area contributed by atoms with E-state index in [0.29, 0.717) is 6.04 Å². The Morgan fingerprint density at radius 2 is 1.90 bits per heavy atom. The van der Waals surface area contributed by atoms with Gasteiger partial charge in [-0.25, -0.2) is 4.98 Å². The molecule has 0 atom stereocenters. The van der Waals surface area contributed by atoms with Crippen LogP contribution in [0, 0.1) is 12.8 Å². The fourth-order valence-corrected chi connectivity index (χ4v) is 3.40. The molecule has 0 aromatic carbocycles. The third kappa shape index (κ3) is 4.44. The Kier molecular flexibility index (Phi) is 6.04. The maximum absolute atomic E-state index is 4.75. The number of nitrogens with one attached hydrogen (secondary N) is 1. The van der Waals surface area contributed by atoms with Gasteiger partial charge in [0, 0.05) is 25.3 Å². The van der Waals surface area contributed by atoms with Crippen LogP contribution in [0.1, 0.15) is 57.2 Å². The lowest BCUT2D eigenvalue weighted by Crippen LogP contribution is -2.35. The van der Waals surface area contributed by atoms with Crippen molar-refractivity contribution in [1.82, 2.24) is 10.3 Å². The van der Waals surface area contributed by atoms with Crippen molar-refractivity contribution in [3.8, 4) is 0 Å². The highest BCUT2D eigenvalue weighted by Crippen LogP contribution is 2.30. The fourth-order valence-electron chi connectivity index (χ4n) is 3.40. The van der Waals surface area contributed by atoms with E-state index in [2.05, 4.69) is 50.2 Å². The van der Waals surface area contributed by atoms with E-state index in [1.807, 2.05) is 0 Å². The molecule has 0 radical (unpaired) electrons. The zero-order valence-corrected chi connectivity index (χ0v) is 14.2. The number of hydrogen-bond donors (Lipinski definition) is 1. The highest BCUT2D eigenvalue weighted by atomic mass is 15.2. The number of aryl methyl sites for hydroxylation is 1. The van der Waals surface area contributed by atoms with E-state index in [1.165, 1.54) is 37.7 Å². The summed E-state index contributed by atoms with van der Waals surface area (Å²) in [5.74, 6) is 2.09. The summed E-state index contributed by atoms with van der Waals surface area (Å²) in [4.78, 5) is 7.17. The van der Waals surface area contributed by atoms with Gasteiger partial charge in [0.25, 0.3) is 0 Å². The summed E-state index contributed by atoms with van der Waals surface area (Å²) in [7, 11) is 2.22. The number of pyridine rings is 1. The summed E-state index contributed by atoms with van der Waals surface area (Å²) in [6, 6.07) is 5.10. The smallest absolute Gasteiger partial charge is 0.129 e. The Morgan fingerprint density at radius 1 is 1.19 bits per heavy atom. The van der Waals surface area contributed by atoms with Gasteiger partial charge in [-0.2, -0.15) is 0 Å². The number of nitrogens with zero attached hydrogens (tertiary/aromatic N) is 2. The first-order chi connectivity index (χ1) is 10.1. The van der Waals surface area contributed by atoms with Crippen LogP contribution in [0.2, 0.25) is 0 Å². The van der Waals surface area contributed by atoms with Crippen LogP contribution >= 0.6 is 0 Å². The Morgan fingerprint density at radius 3 is 2.52 bits per heavy atom. The van der Waals surface area contributed by atoms with Gasteiger partial charge in [0.1, 0.15) is 5.82 Å². The molecule has 0 unspecified atom stereocenters. The van der Waals surface area contributed by atoms with Gasteiger partial charge >= 0.3 is 0 Å². The highest BCUT2D eigenvalue weighted by Gasteiger charge is 2.24. The van der Waals surface area contributed by atoms with Crippen LogP contribution in [0.25, 0.3) is 0 Å². The maximum atomic E-state index is 4.75. The molecule has 1 fully saturated rings. The largest absolute Gasteiger partial charge is 0.357 e. The van der Waals surface area contributed by atoms with Crippen LogP contribution in [-0.4, -0.2) is 24.6 Å². The molecule has 0 saturated heterocycles. The molecule has 1 aromatic rings. The SMILES string of the molecule is CCNCc1cc(C)nc(N(C)C2CCC(CC)CC2)c1. The third-order valence-corrected chi connectivity index (χ3v) is 4.88. The van der Waals surface area contributed by atoms with E-state index >= 15 is 0 Å². The molecule has 1 heterocycles. The normalized spacial score (nSPS) is 22.3. The van der Waals surface area contributed by atoms with Crippen LogP contribution in [0.15, 0.2) is 12.1 Å². The molecule has 1 aromatic heterocycles. The molecule has 1 aliphatic rings. The zero-order valence-electron chi connectivity index (χ0n) is 14.2. The summed E-state index contributed by atoms with van der Waals surface area (Å²) in [6.45, 7) is 8.51. The number of aromatic nitrogens is 1. The highest BCUT2D eigenvalue weighted by molar-refractivity contribution is 5.43. The topological polar surface area (TPSA) is 28.2 Å². The van der Waals surface area contributed by atoms with Crippen LogP contribution in [0.4, 0.5) is 5.82 Å². The number of hydrogen-bond acceptors (Lipinski definition) is 3. The van der Waals surface area contributed by atoms with E-state index in [0.717, 1.165) is 30.5 Å². The van der Waals surface area contributed by atoms with Gasteiger partial charge in [0.15, 0.2) is 0 Å². The van der Waals surface area contributed by atoms with Crippen LogP contribution in [-0.2, 0) is 6.54 Å². The lowest BCUT2D eigenvalue weighted by atomic mass is 9.84. The minimum absolute atomic E-state index is 0.661. The van der Waals surface area contributed by atoms with E-state index < -0.39 is 0 Å². The molecule has 1 aliphatic carbocycles. The van der Waals surface area contributed by atoms with Crippen molar-refractivity contribution in [2.75, 3.05) is 18.5 Å². The quantitative estimate of drug-likeness (QED) is 0.860. The average molecular weight is 289 g/mol. The van der Waals surface area contributed by atoms with Crippen molar-refractivity contribution < 1.29 is 0 Å². The fraction of sp³-hybridized carbons (Fsp3) is 0.722. The van der Waals surface area contributed by atoms with Crippen LogP contribution < -0.4 is 10.2 Å². The molecule has 21 heavy (non-hydrogen) atoms. The third-order valence-electron chi connectivity index (χ3n) is 4.88. The zero-order chi connectivity index (χ0) is 15.2. The Labute approximate surface area is 130 Å². The first kappa shape index (κ1) is 16.3. The minimum atomic E-state index is 0.661. The Balaban J connectivity index is 2.04. The molecule has 0 aliphatic heterocycles. The molecule has 1 N–H and O–H groups in total. The van der Waals surface area contributed by atoms with Crippen molar-refractivity contribution in [2.24, 2.45) is 5.92 Å². The van der Waals surface area contributed by atoms with E-state index in [1.54, 1.807) is 0 Å². The standard InChI is InChI=1S/C18H31N3/c1-5-15-7-9-17(10-8-15)21(4)18-12-16(13-19-6-2)11-14(3)20-18/h11-12,15,17,19H,5-10,13H2,1-4H3. The van der Waals surface area contributed by atoms with Crippen molar-refractivity contribution >= 4 is 5.82 Å². The summed E-state index contributed by atoms with van der Waals surface area (Å²) in [6.07, 6.45) is 6.72. The maximum Gasteiger partial charge on any atom is 0.129 e. The monoisotopic (exact) mass is 289 g/mol. The molecule has 3 nitrogen and oxygen atoms in total. The second kappa shape index (κ2) is 7.79. The summed E-state index contributed by atoms with van der Waals surface area (Å²) in [5.41, 5.74) is 2.46. The number of anilines is 1. The van der Waals surface area contributed by atoms with Crippen molar-refractivity contribution in [3.63, 3.8) is 0 Å². The average Bonchev–Trinajstić information content (AvgIpc) is 2.51. The molecule has 0 bridgehead atoms. The second-order valence-corrected chi connectivity index (χ2v) is 6.45. The van der Waals surface area contributed by atoms with E-state index in [9.17, 15) is 0 Å². The van der Waals surface area contributed by atoms with Gasteiger partial charge < -0.3 is 10.2 Å². The minimum Gasteiger partial charge on any atom is -0.357 e. The Bertz CT molecular complexity index is 436. The van der Waals surface area contributed by atoms with Gasteiger partial charge in [0.2, 0.25) is 0 Å². The van der Waals surface area contributed by atoms with Crippen molar-refractivity contribution in [3.05, 3.63) is 23.4 Å². The first-order valence-corrected chi connectivity index (χ1v) is 8.55. The molecular weight excluding hydrogens is 258 g/mol. The lowest BCUT2D eigenvalue weighted by Gasteiger charge is -2.35. The Hall–Kier alpha value is -1.09.